The first-order valence-electron chi connectivity index (χ1n) is 7.98. The molecule has 1 aromatic heterocycles. The Morgan fingerprint density at radius 1 is 1.08 bits per heavy atom. The zero-order valence-corrected chi connectivity index (χ0v) is 16.1. The van der Waals surface area contributed by atoms with E-state index in [1.54, 1.807) is 17.8 Å². The Kier molecular flexibility index (Phi) is 5.66. The van der Waals surface area contributed by atoms with Crippen LogP contribution in [0.3, 0.4) is 0 Å². The third-order valence-corrected chi connectivity index (χ3v) is 5.17. The van der Waals surface area contributed by atoms with Gasteiger partial charge in [-0.25, -0.2) is 0 Å². The summed E-state index contributed by atoms with van der Waals surface area (Å²) >= 11 is 7.78. The number of rotatable bonds is 6. The van der Waals surface area contributed by atoms with E-state index in [1.807, 2.05) is 29.8 Å². The van der Waals surface area contributed by atoms with E-state index in [4.69, 9.17) is 16.3 Å². The Labute approximate surface area is 157 Å². The molecule has 0 aliphatic rings. The number of halogens is 1. The Hall–Kier alpha value is -1.98. The molecule has 2 aromatic carbocycles. The standard InChI is InChI=1S/C19H20ClN3OS/c1-13-8-14(2)10-15(9-13)12-25-19-22-21-18(23(19)3)11-24-17-7-5-4-6-16(17)20/h4-10H,11-12H2,1-3H3. The topological polar surface area (TPSA) is 39.9 Å². The summed E-state index contributed by atoms with van der Waals surface area (Å²) in [5.74, 6) is 2.28. The predicted molar refractivity (Wildman–Crippen MR) is 102 cm³/mol. The summed E-state index contributed by atoms with van der Waals surface area (Å²) < 4.78 is 7.71. The number of hydrogen-bond donors (Lipinski definition) is 0. The minimum atomic E-state index is 0.331. The van der Waals surface area contributed by atoms with Crippen molar-refractivity contribution in [3.8, 4) is 5.75 Å². The number of benzene rings is 2. The third-order valence-electron chi connectivity index (χ3n) is 3.77. The molecule has 4 nitrogen and oxygen atoms in total. The monoisotopic (exact) mass is 373 g/mol. The van der Waals surface area contributed by atoms with Crippen molar-refractivity contribution in [3.63, 3.8) is 0 Å². The lowest BCUT2D eigenvalue weighted by Crippen LogP contribution is -2.04. The number of thioether (sulfide) groups is 1. The van der Waals surface area contributed by atoms with Crippen LogP contribution in [0.1, 0.15) is 22.5 Å². The molecule has 0 saturated carbocycles. The number of hydrogen-bond acceptors (Lipinski definition) is 4. The van der Waals surface area contributed by atoms with Gasteiger partial charge in [0.1, 0.15) is 12.4 Å². The van der Waals surface area contributed by atoms with E-state index in [1.165, 1.54) is 16.7 Å². The van der Waals surface area contributed by atoms with Gasteiger partial charge in [-0.1, -0.05) is 64.8 Å². The van der Waals surface area contributed by atoms with Gasteiger partial charge >= 0.3 is 0 Å². The molecule has 0 aliphatic carbocycles. The highest BCUT2D eigenvalue weighted by atomic mass is 35.5. The molecule has 0 unspecified atom stereocenters. The van der Waals surface area contributed by atoms with Crippen molar-refractivity contribution in [2.75, 3.05) is 0 Å². The summed E-state index contributed by atoms with van der Waals surface area (Å²) in [5, 5.41) is 9.97. The highest BCUT2D eigenvalue weighted by Gasteiger charge is 2.11. The van der Waals surface area contributed by atoms with Crippen LogP contribution in [-0.4, -0.2) is 14.8 Å². The Bertz CT molecular complexity index is 859. The normalized spacial score (nSPS) is 10.9. The summed E-state index contributed by atoms with van der Waals surface area (Å²) in [6.07, 6.45) is 0. The molecule has 3 aromatic rings. The van der Waals surface area contributed by atoms with E-state index in [-0.39, 0.29) is 0 Å². The van der Waals surface area contributed by atoms with E-state index in [0.29, 0.717) is 17.4 Å². The van der Waals surface area contributed by atoms with Crippen LogP contribution < -0.4 is 4.74 Å². The number of para-hydroxylation sites is 1. The van der Waals surface area contributed by atoms with Crippen molar-refractivity contribution < 1.29 is 4.74 Å². The molecule has 0 fully saturated rings. The van der Waals surface area contributed by atoms with Gasteiger partial charge in [0.25, 0.3) is 0 Å². The van der Waals surface area contributed by atoms with Crippen LogP contribution in [0.4, 0.5) is 0 Å². The average Bonchev–Trinajstić information content (AvgIpc) is 2.91. The number of ether oxygens (including phenoxy) is 1. The van der Waals surface area contributed by atoms with Gasteiger partial charge in [-0.15, -0.1) is 10.2 Å². The molecule has 1 heterocycles. The van der Waals surface area contributed by atoms with Crippen LogP contribution in [0.2, 0.25) is 5.02 Å². The van der Waals surface area contributed by atoms with Crippen molar-refractivity contribution in [2.45, 2.75) is 31.4 Å². The average molecular weight is 374 g/mol. The van der Waals surface area contributed by atoms with Crippen LogP contribution in [0, 0.1) is 13.8 Å². The van der Waals surface area contributed by atoms with Gasteiger partial charge in [-0.3, -0.25) is 0 Å². The molecular weight excluding hydrogens is 354 g/mol. The molecule has 0 radical (unpaired) electrons. The summed E-state index contributed by atoms with van der Waals surface area (Å²) in [7, 11) is 1.95. The van der Waals surface area contributed by atoms with Gasteiger partial charge in [-0.05, 0) is 31.5 Å². The summed E-state index contributed by atoms with van der Waals surface area (Å²) in [6.45, 7) is 4.57. The first-order chi connectivity index (χ1) is 12.0. The molecule has 0 spiro atoms. The van der Waals surface area contributed by atoms with Crippen LogP contribution >= 0.6 is 23.4 Å². The van der Waals surface area contributed by atoms with Crippen molar-refractivity contribution in [3.05, 3.63) is 70.0 Å². The van der Waals surface area contributed by atoms with Gasteiger partial charge in [0.05, 0.1) is 5.02 Å². The molecule has 6 heteroatoms. The van der Waals surface area contributed by atoms with Gasteiger partial charge in [0, 0.05) is 12.8 Å². The van der Waals surface area contributed by atoms with Crippen molar-refractivity contribution in [2.24, 2.45) is 7.05 Å². The lowest BCUT2D eigenvalue weighted by Gasteiger charge is -2.08. The largest absolute Gasteiger partial charge is 0.484 e. The van der Waals surface area contributed by atoms with E-state index in [9.17, 15) is 0 Å². The molecule has 0 aliphatic heterocycles. The lowest BCUT2D eigenvalue weighted by atomic mass is 10.1. The van der Waals surface area contributed by atoms with Crippen molar-refractivity contribution >= 4 is 23.4 Å². The molecule has 3 rings (SSSR count). The SMILES string of the molecule is Cc1cc(C)cc(CSc2nnc(COc3ccccc3Cl)n2C)c1. The predicted octanol–water partition coefficient (Wildman–Crippen LogP) is 4.96. The van der Waals surface area contributed by atoms with Gasteiger partial charge in [-0.2, -0.15) is 0 Å². The maximum atomic E-state index is 6.11. The Morgan fingerprint density at radius 2 is 1.80 bits per heavy atom. The molecule has 25 heavy (non-hydrogen) atoms. The lowest BCUT2D eigenvalue weighted by molar-refractivity contribution is 0.290. The number of aromatic nitrogens is 3. The van der Waals surface area contributed by atoms with Gasteiger partial charge in [0.15, 0.2) is 11.0 Å². The summed E-state index contributed by atoms with van der Waals surface area (Å²) in [4.78, 5) is 0. The van der Waals surface area contributed by atoms with E-state index in [2.05, 4.69) is 42.2 Å². The second-order valence-electron chi connectivity index (χ2n) is 5.96. The van der Waals surface area contributed by atoms with Gasteiger partial charge in [0.2, 0.25) is 0 Å². The zero-order valence-electron chi connectivity index (χ0n) is 14.5. The Morgan fingerprint density at radius 3 is 2.52 bits per heavy atom. The fourth-order valence-corrected chi connectivity index (χ4v) is 3.65. The second-order valence-corrected chi connectivity index (χ2v) is 7.31. The fourth-order valence-electron chi connectivity index (χ4n) is 2.60. The highest BCUT2D eigenvalue weighted by Crippen LogP contribution is 2.25. The molecule has 0 bridgehead atoms. The van der Waals surface area contributed by atoms with Crippen LogP contribution in [0.25, 0.3) is 0 Å². The molecule has 0 amide bonds. The smallest absolute Gasteiger partial charge is 0.191 e. The fraction of sp³-hybridized carbons (Fsp3) is 0.263. The maximum Gasteiger partial charge on any atom is 0.191 e. The zero-order chi connectivity index (χ0) is 17.8. The van der Waals surface area contributed by atoms with E-state index in [0.717, 1.165) is 16.7 Å². The second kappa shape index (κ2) is 7.93. The van der Waals surface area contributed by atoms with Crippen LogP contribution in [-0.2, 0) is 19.4 Å². The molecular formula is C19H20ClN3OS. The van der Waals surface area contributed by atoms with E-state index >= 15 is 0 Å². The molecule has 130 valence electrons. The Balaban J connectivity index is 1.64. The van der Waals surface area contributed by atoms with Gasteiger partial charge < -0.3 is 9.30 Å². The van der Waals surface area contributed by atoms with Crippen molar-refractivity contribution in [1.29, 1.82) is 0 Å². The third kappa shape index (κ3) is 4.55. The molecule has 0 saturated heterocycles. The van der Waals surface area contributed by atoms with E-state index < -0.39 is 0 Å². The van der Waals surface area contributed by atoms with Crippen molar-refractivity contribution in [1.82, 2.24) is 14.8 Å². The number of nitrogens with zero attached hydrogens (tertiary/aromatic N) is 3. The van der Waals surface area contributed by atoms with Crippen LogP contribution in [0.5, 0.6) is 5.75 Å². The molecule has 0 atom stereocenters. The first kappa shape index (κ1) is 17.8. The summed E-state index contributed by atoms with van der Waals surface area (Å²) in [5.41, 5.74) is 3.85. The summed E-state index contributed by atoms with van der Waals surface area (Å²) in [6, 6.07) is 14.0. The minimum Gasteiger partial charge on any atom is -0.484 e. The number of aryl methyl sites for hydroxylation is 2. The minimum absolute atomic E-state index is 0.331. The molecule has 0 N–H and O–H groups in total. The highest BCUT2D eigenvalue weighted by molar-refractivity contribution is 7.98. The quantitative estimate of drug-likeness (QED) is 0.573. The van der Waals surface area contributed by atoms with Crippen LogP contribution in [0.15, 0.2) is 47.6 Å². The first-order valence-corrected chi connectivity index (χ1v) is 9.35. The maximum absolute atomic E-state index is 6.11.